The predicted octanol–water partition coefficient (Wildman–Crippen LogP) is 2.70. The lowest BCUT2D eigenvalue weighted by Gasteiger charge is -2.49. The summed E-state index contributed by atoms with van der Waals surface area (Å²) >= 11 is 0. The maximum atomic E-state index is 11.2. The molecule has 0 unspecified atom stereocenters. The molecule has 1 heterocycles. The van der Waals surface area contributed by atoms with Gasteiger partial charge in [-0.05, 0) is 10.8 Å². The van der Waals surface area contributed by atoms with Crippen LogP contribution >= 0.6 is 0 Å². The van der Waals surface area contributed by atoms with Crippen LogP contribution in [0.3, 0.4) is 0 Å². The summed E-state index contributed by atoms with van der Waals surface area (Å²) < 4.78 is 1.90. The first-order chi connectivity index (χ1) is 7.02. The first-order valence-electron chi connectivity index (χ1n) is 5.71. The minimum Gasteiger partial charge on any atom is -0.382 e. The van der Waals surface area contributed by atoms with Crippen LogP contribution in [0.5, 0.6) is 0 Å². The lowest BCUT2D eigenvalue weighted by Crippen LogP contribution is -2.51. The zero-order valence-corrected chi connectivity index (χ0v) is 11.5. The highest BCUT2D eigenvalue weighted by atomic mass is 16.3. The summed E-state index contributed by atoms with van der Waals surface area (Å²) in [6.45, 7) is 12.4. The fourth-order valence-electron chi connectivity index (χ4n) is 2.60. The zero-order valence-electron chi connectivity index (χ0n) is 11.5. The van der Waals surface area contributed by atoms with Crippen LogP contribution in [0.2, 0.25) is 0 Å². The molecule has 0 aliphatic carbocycles. The molecule has 0 atom stereocenters. The number of aryl methyl sites for hydroxylation is 1. The van der Waals surface area contributed by atoms with Crippen LogP contribution in [0.1, 0.15) is 47.2 Å². The fourth-order valence-corrected chi connectivity index (χ4v) is 2.60. The topological polar surface area (TPSA) is 38.0 Å². The summed E-state index contributed by atoms with van der Waals surface area (Å²) in [7, 11) is 1.92. The van der Waals surface area contributed by atoms with Gasteiger partial charge in [0, 0.05) is 7.05 Å². The van der Waals surface area contributed by atoms with E-state index in [4.69, 9.17) is 0 Å². The standard InChI is InChI=1S/C13H24N2O/c1-11(2,3)13(16,12(4,5)6)10-8-14-9-15(10)7/h8-9,16H,1-7H3. The molecule has 0 aliphatic rings. The van der Waals surface area contributed by atoms with Crippen LogP contribution in [0.4, 0.5) is 0 Å². The van der Waals surface area contributed by atoms with Gasteiger partial charge in [-0.15, -0.1) is 0 Å². The predicted molar refractivity (Wildman–Crippen MR) is 66.0 cm³/mol. The second-order valence-electron chi connectivity index (χ2n) is 6.60. The van der Waals surface area contributed by atoms with Crippen LogP contribution in [-0.4, -0.2) is 14.7 Å². The van der Waals surface area contributed by atoms with Crippen LogP contribution in [0, 0.1) is 10.8 Å². The Bertz CT molecular complexity index is 352. The van der Waals surface area contributed by atoms with Crippen LogP contribution in [0.15, 0.2) is 12.5 Å². The SMILES string of the molecule is Cn1cncc1C(O)(C(C)(C)C)C(C)(C)C. The third-order valence-corrected chi connectivity index (χ3v) is 3.36. The van der Waals surface area contributed by atoms with Gasteiger partial charge in [-0.25, -0.2) is 4.98 Å². The summed E-state index contributed by atoms with van der Waals surface area (Å²) in [6, 6.07) is 0. The molecule has 0 spiro atoms. The van der Waals surface area contributed by atoms with E-state index in [2.05, 4.69) is 46.5 Å². The lowest BCUT2D eigenvalue weighted by atomic mass is 9.61. The van der Waals surface area contributed by atoms with Crippen molar-refractivity contribution in [2.45, 2.75) is 47.1 Å². The van der Waals surface area contributed by atoms with Crippen molar-refractivity contribution >= 4 is 0 Å². The number of aliphatic hydroxyl groups is 1. The molecule has 16 heavy (non-hydrogen) atoms. The van der Waals surface area contributed by atoms with Gasteiger partial charge in [0.2, 0.25) is 0 Å². The van der Waals surface area contributed by atoms with Crippen molar-refractivity contribution in [2.24, 2.45) is 17.9 Å². The second-order valence-corrected chi connectivity index (χ2v) is 6.60. The maximum absolute atomic E-state index is 11.2. The molecule has 3 nitrogen and oxygen atoms in total. The molecule has 0 saturated heterocycles. The highest BCUT2D eigenvalue weighted by Gasteiger charge is 2.52. The molecular weight excluding hydrogens is 200 g/mol. The molecule has 0 bridgehead atoms. The van der Waals surface area contributed by atoms with Gasteiger partial charge in [-0.2, -0.15) is 0 Å². The lowest BCUT2D eigenvalue weighted by molar-refractivity contribution is -0.149. The van der Waals surface area contributed by atoms with Crippen molar-refractivity contribution in [3.8, 4) is 0 Å². The van der Waals surface area contributed by atoms with Gasteiger partial charge in [-0.3, -0.25) is 0 Å². The number of aromatic nitrogens is 2. The summed E-state index contributed by atoms with van der Waals surface area (Å²) in [5, 5.41) is 11.2. The Morgan fingerprint density at radius 2 is 1.50 bits per heavy atom. The van der Waals surface area contributed by atoms with E-state index in [1.54, 1.807) is 12.5 Å². The van der Waals surface area contributed by atoms with Crippen molar-refractivity contribution in [3.63, 3.8) is 0 Å². The molecular formula is C13H24N2O. The zero-order chi connectivity index (χ0) is 12.8. The highest BCUT2D eigenvalue weighted by Crippen LogP contribution is 2.50. The Balaban J connectivity index is 3.45. The van der Waals surface area contributed by atoms with Crippen molar-refractivity contribution < 1.29 is 5.11 Å². The van der Waals surface area contributed by atoms with Crippen molar-refractivity contribution in [3.05, 3.63) is 18.2 Å². The Morgan fingerprint density at radius 1 is 1.06 bits per heavy atom. The van der Waals surface area contributed by atoms with E-state index in [9.17, 15) is 5.11 Å². The van der Waals surface area contributed by atoms with Gasteiger partial charge in [-0.1, -0.05) is 41.5 Å². The Hall–Kier alpha value is -0.830. The number of nitrogens with zero attached hydrogens (tertiary/aromatic N) is 2. The number of rotatable bonds is 1. The van der Waals surface area contributed by atoms with Crippen LogP contribution in [0.25, 0.3) is 0 Å². The van der Waals surface area contributed by atoms with E-state index in [1.165, 1.54) is 0 Å². The summed E-state index contributed by atoms with van der Waals surface area (Å²) in [6.07, 6.45) is 3.49. The molecule has 0 fully saturated rings. The highest BCUT2D eigenvalue weighted by molar-refractivity contribution is 5.18. The molecule has 0 aliphatic heterocycles. The van der Waals surface area contributed by atoms with Gasteiger partial charge in [0.1, 0.15) is 5.60 Å². The van der Waals surface area contributed by atoms with E-state index in [0.29, 0.717) is 0 Å². The van der Waals surface area contributed by atoms with E-state index in [1.807, 2.05) is 11.6 Å². The molecule has 0 amide bonds. The third-order valence-electron chi connectivity index (χ3n) is 3.36. The maximum Gasteiger partial charge on any atom is 0.116 e. The second kappa shape index (κ2) is 3.59. The Kier molecular flexibility index (Phi) is 2.97. The van der Waals surface area contributed by atoms with Crippen LogP contribution < -0.4 is 0 Å². The normalized spacial score (nSPS) is 14.2. The van der Waals surface area contributed by atoms with Gasteiger partial charge < -0.3 is 9.67 Å². The van der Waals surface area contributed by atoms with E-state index >= 15 is 0 Å². The number of hydrogen-bond donors (Lipinski definition) is 1. The van der Waals surface area contributed by atoms with E-state index in [-0.39, 0.29) is 10.8 Å². The molecule has 3 heteroatoms. The van der Waals surface area contributed by atoms with Crippen molar-refractivity contribution in [1.82, 2.24) is 9.55 Å². The monoisotopic (exact) mass is 224 g/mol. The van der Waals surface area contributed by atoms with Crippen molar-refractivity contribution in [2.75, 3.05) is 0 Å². The first kappa shape index (κ1) is 13.2. The molecule has 1 N–H and O–H groups in total. The van der Waals surface area contributed by atoms with Gasteiger partial charge in [0.15, 0.2) is 0 Å². The molecule has 0 saturated carbocycles. The van der Waals surface area contributed by atoms with Gasteiger partial charge in [0.05, 0.1) is 18.2 Å². The molecule has 0 aromatic carbocycles. The Labute approximate surface area is 98.5 Å². The minimum absolute atomic E-state index is 0.251. The smallest absolute Gasteiger partial charge is 0.116 e. The quantitative estimate of drug-likeness (QED) is 0.796. The summed E-state index contributed by atoms with van der Waals surface area (Å²) in [5.74, 6) is 0. The average molecular weight is 224 g/mol. The first-order valence-corrected chi connectivity index (χ1v) is 5.71. The summed E-state index contributed by atoms with van der Waals surface area (Å²) in [4.78, 5) is 4.12. The van der Waals surface area contributed by atoms with Gasteiger partial charge >= 0.3 is 0 Å². The van der Waals surface area contributed by atoms with Gasteiger partial charge in [0.25, 0.3) is 0 Å². The van der Waals surface area contributed by atoms with Crippen molar-refractivity contribution in [1.29, 1.82) is 0 Å². The number of hydrogen-bond acceptors (Lipinski definition) is 2. The third kappa shape index (κ3) is 1.77. The number of imidazole rings is 1. The molecule has 1 aromatic heterocycles. The van der Waals surface area contributed by atoms with E-state index in [0.717, 1.165) is 5.69 Å². The molecule has 0 radical (unpaired) electrons. The molecule has 1 aromatic rings. The fraction of sp³-hybridized carbons (Fsp3) is 0.769. The Morgan fingerprint density at radius 3 is 1.75 bits per heavy atom. The van der Waals surface area contributed by atoms with Crippen LogP contribution in [-0.2, 0) is 12.6 Å². The molecule has 1 rings (SSSR count). The minimum atomic E-state index is -0.911. The summed E-state index contributed by atoms with van der Waals surface area (Å²) in [5.41, 5.74) is -0.545. The molecule has 92 valence electrons. The average Bonchev–Trinajstić information content (AvgIpc) is 2.46. The largest absolute Gasteiger partial charge is 0.382 e. The van der Waals surface area contributed by atoms with E-state index < -0.39 is 5.60 Å².